The van der Waals surface area contributed by atoms with E-state index in [4.69, 9.17) is 5.11 Å². The summed E-state index contributed by atoms with van der Waals surface area (Å²) in [6.07, 6.45) is 1.44. The van der Waals surface area contributed by atoms with E-state index in [0.29, 0.717) is 11.3 Å². The molecule has 1 aromatic carbocycles. The van der Waals surface area contributed by atoms with Gasteiger partial charge in [0.25, 0.3) is 0 Å². The van der Waals surface area contributed by atoms with Gasteiger partial charge in [-0.2, -0.15) is 0 Å². The fraction of sp³-hybridized carbons (Fsp3) is 0.0909. The molecule has 0 unspecified atom stereocenters. The van der Waals surface area contributed by atoms with Gasteiger partial charge in [-0.1, -0.05) is 0 Å². The van der Waals surface area contributed by atoms with Crippen LogP contribution in [-0.2, 0) is 6.42 Å². The van der Waals surface area contributed by atoms with Crippen LogP contribution in [-0.4, -0.2) is 15.1 Å². The second kappa shape index (κ2) is 4.22. The van der Waals surface area contributed by atoms with Crippen LogP contribution in [0.3, 0.4) is 0 Å². The van der Waals surface area contributed by atoms with Crippen LogP contribution in [0.1, 0.15) is 11.3 Å². The molecule has 1 aromatic heterocycles. The topological polar surface area (TPSA) is 46.0 Å². The summed E-state index contributed by atoms with van der Waals surface area (Å²) in [6.45, 7) is 0. The van der Waals surface area contributed by atoms with Crippen LogP contribution in [0.2, 0.25) is 0 Å². The van der Waals surface area contributed by atoms with Crippen LogP contribution in [0.5, 0.6) is 5.88 Å². The fourth-order valence-electron chi connectivity index (χ4n) is 1.40. The predicted molar refractivity (Wildman–Crippen MR) is 52.9 cm³/mol. The Hall–Kier alpha value is -2.04. The van der Waals surface area contributed by atoms with Gasteiger partial charge in [0.15, 0.2) is 0 Å². The van der Waals surface area contributed by atoms with Crippen LogP contribution < -0.4 is 0 Å². The van der Waals surface area contributed by atoms with Crippen LogP contribution in [0.15, 0.2) is 30.6 Å². The summed E-state index contributed by atoms with van der Waals surface area (Å²) in [6, 6.07) is 4.61. The summed E-state index contributed by atoms with van der Waals surface area (Å²) in [5.74, 6) is -1.43. The van der Waals surface area contributed by atoms with E-state index in [9.17, 15) is 8.78 Å². The Morgan fingerprint density at radius 3 is 2.31 bits per heavy atom. The zero-order valence-corrected chi connectivity index (χ0v) is 8.19. The molecule has 0 amide bonds. The second-order valence-electron chi connectivity index (χ2n) is 3.32. The van der Waals surface area contributed by atoms with E-state index in [-0.39, 0.29) is 12.3 Å². The Labute approximate surface area is 90.4 Å². The van der Waals surface area contributed by atoms with E-state index >= 15 is 0 Å². The van der Waals surface area contributed by atoms with Gasteiger partial charge in [-0.3, -0.25) is 0 Å². The van der Waals surface area contributed by atoms with Crippen molar-refractivity contribution in [3.8, 4) is 5.88 Å². The third-order valence-corrected chi connectivity index (χ3v) is 2.02. The van der Waals surface area contributed by atoms with Crippen molar-refractivity contribution in [2.45, 2.75) is 6.42 Å². The van der Waals surface area contributed by atoms with Gasteiger partial charge in [0.1, 0.15) is 18.0 Å². The van der Waals surface area contributed by atoms with Gasteiger partial charge in [0.05, 0.1) is 5.69 Å². The van der Waals surface area contributed by atoms with Crippen LogP contribution in [0.4, 0.5) is 8.78 Å². The zero-order valence-electron chi connectivity index (χ0n) is 8.19. The Morgan fingerprint density at radius 2 is 1.69 bits per heavy atom. The van der Waals surface area contributed by atoms with Gasteiger partial charge in [-0.15, -0.1) is 0 Å². The van der Waals surface area contributed by atoms with Crippen LogP contribution in [0, 0.1) is 11.6 Å². The maximum atomic E-state index is 12.9. The molecule has 0 bridgehead atoms. The average molecular weight is 222 g/mol. The number of rotatable bonds is 2. The third-order valence-electron chi connectivity index (χ3n) is 2.02. The molecule has 3 nitrogen and oxygen atoms in total. The first-order chi connectivity index (χ1) is 7.63. The molecule has 2 aromatic rings. The van der Waals surface area contributed by atoms with Gasteiger partial charge >= 0.3 is 0 Å². The molecule has 0 aliphatic rings. The molecular weight excluding hydrogens is 214 g/mol. The number of nitrogens with zero attached hydrogens (tertiary/aromatic N) is 2. The first kappa shape index (κ1) is 10.5. The highest BCUT2D eigenvalue weighted by Crippen LogP contribution is 2.13. The number of hydrogen-bond acceptors (Lipinski definition) is 3. The van der Waals surface area contributed by atoms with Gasteiger partial charge in [-0.25, -0.2) is 18.7 Å². The Bertz CT molecular complexity index is 497. The van der Waals surface area contributed by atoms with Gasteiger partial charge in [0, 0.05) is 18.6 Å². The van der Waals surface area contributed by atoms with Gasteiger partial charge in [0.2, 0.25) is 5.88 Å². The first-order valence-corrected chi connectivity index (χ1v) is 4.58. The molecule has 0 aliphatic carbocycles. The number of aromatic hydroxyl groups is 1. The smallest absolute Gasteiger partial charge is 0.214 e. The summed E-state index contributed by atoms with van der Waals surface area (Å²) in [7, 11) is 0. The summed E-state index contributed by atoms with van der Waals surface area (Å²) < 4.78 is 25.8. The SMILES string of the molecule is Oc1cc(Cc2cc(F)cc(F)c2)ncn1. The highest BCUT2D eigenvalue weighted by molar-refractivity contribution is 5.24. The maximum Gasteiger partial charge on any atom is 0.214 e. The summed E-state index contributed by atoms with van der Waals surface area (Å²) in [5, 5.41) is 9.10. The highest BCUT2D eigenvalue weighted by Gasteiger charge is 2.03. The van der Waals surface area contributed by atoms with Crippen molar-refractivity contribution < 1.29 is 13.9 Å². The van der Waals surface area contributed by atoms with Crippen molar-refractivity contribution in [3.05, 3.63) is 53.5 Å². The van der Waals surface area contributed by atoms with Crippen molar-refractivity contribution in [2.24, 2.45) is 0 Å². The lowest BCUT2D eigenvalue weighted by molar-refractivity contribution is 0.451. The number of halogens is 2. The monoisotopic (exact) mass is 222 g/mol. The fourth-order valence-corrected chi connectivity index (χ4v) is 1.40. The lowest BCUT2D eigenvalue weighted by Crippen LogP contribution is -1.94. The number of aromatic nitrogens is 2. The minimum absolute atomic E-state index is 0.165. The lowest BCUT2D eigenvalue weighted by Gasteiger charge is -2.02. The van der Waals surface area contributed by atoms with Crippen molar-refractivity contribution in [3.63, 3.8) is 0 Å². The Balaban J connectivity index is 2.27. The molecule has 5 heteroatoms. The quantitative estimate of drug-likeness (QED) is 0.845. The zero-order chi connectivity index (χ0) is 11.5. The van der Waals surface area contributed by atoms with E-state index in [1.165, 1.54) is 24.5 Å². The molecule has 0 radical (unpaired) electrons. The minimum Gasteiger partial charge on any atom is -0.493 e. The lowest BCUT2D eigenvalue weighted by atomic mass is 10.1. The highest BCUT2D eigenvalue weighted by atomic mass is 19.1. The molecule has 0 saturated heterocycles. The Morgan fingerprint density at radius 1 is 1.00 bits per heavy atom. The normalized spacial score (nSPS) is 10.4. The van der Waals surface area contributed by atoms with Gasteiger partial charge in [-0.05, 0) is 17.7 Å². The molecule has 16 heavy (non-hydrogen) atoms. The molecule has 1 N–H and O–H groups in total. The van der Waals surface area contributed by atoms with Crippen molar-refractivity contribution in [1.82, 2.24) is 9.97 Å². The molecule has 0 aliphatic heterocycles. The van der Waals surface area contributed by atoms with Crippen molar-refractivity contribution in [2.75, 3.05) is 0 Å². The molecule has 0 spiro atoms. The van der Waals surface area contributed by atoms with E-state index in [1.807, 2.05) is 0 Å². The maximum absolute atomic E-state index is 12.9. The number of hydrogen-bond donors (Lipinski definition) is 1. The molecule has 0 atom stereocenters. The predicted octanol–water partition coefficient (Wildman–Crippen LogP) is 2.05. The van der Waals surface area contributed by atoms with Crippen LogP contribution in [0.25, 0.3) is 0 Å². The molecular formula is C11H8F2N2O. The average Bonchev–Trinajstić information content (AvgIpc) is 2.15. The van der Waals surface area contributed by atoms with E-state index in [0.717, 1.165) is 6.07 Å². The Kier molecular flexibility index (Phi) is 2.76. The van der Waals surface area contributed by atoms with E-state index in [1.54, 1.807) is 0 Å². The van der Waals surface area contributed by atoms with Gasteiger partial charge < -0.3 is 5.11 Å². The van der Waals surface area contributed by atoms with Crippen molar-refractivity contribution >= 4 is 0 Å². The summed E-state index contributed by atoms with van der Waals surface area (Å²) in [5.41, 5.74) is 0.952. The first-order valence-electron chi connectivity index (χ1n) is 4.58. The third kappa shape index (κ3) is 2.50. The number of benzene rings is 1. The van der Waals surface area contributed by atoms with E-state index in [2.05, 4.69) is 9.97 Å². The molecule has 2 rings (SSSR count). The standard InChI is InChI=1S/C11H8F2N2O/c12-8-1-7(2-9(13)4-8)3-10-5-11(16)15-6-14-10/h1-2,4-6H,3H2,(H,14,15,16). The minimum atomic E-state index is -0.631. The molecule has 0 saturated carbocycles. The van der Waals surface area contributed by atoms with Crippen molar-refractivity contribution in [1.29, 1.82) is 0 Å². The second-order valence-corrected chi connectivity index (χ2v) is 3.32. The van der Waals surface area contributed by atoms with Crippen LogP contribution >= 0.6 is 0 Å². The molecule has 82 valence electrons. The molecule has 0 fully saturated rings. The van der Waals surface area contributed by atoms with E-state index < -0.39 is 11.6 Å². The summed E-state index contributed by atoms with van der Waals surface area (Å²) in [4.78, 5) is 7.39. The summed E-state index contributed by atoms with van der Waals surface area (Å²) >= 11 is 0. The molecule has 1 heterocycles. The largest absolute Gasteiger partial charge is 0.493 e.